The maximum atomic E-state index is 13.0. The lowest BCUT2D eigenvalue weighted by Crippen LogP contribution is -1.96. The largest absolute Gasteiger partial charge is 0.456 e. The van der Waals surface area contributed by atoms with Crippen LogP contribution in [0.25, 0.3) is 44.2 Å². The highest BCUT2D eigenvalue weighted by atomic mass is 79.9. The van der Waals surface area contributed by atoms with Crippen LogP contribution in [0.4, 0.5) is 0 Å². The van der Waals surface area contributed by atoms with Gasteiger partial charge in [-0.2, -0.15) is 0 Å². The van der Waals surface area contributed by atoms with Crippen molar-refractivity contribution in [2.24, 2.45) is 0 Å². The summed E-state index contributed by atoms with van der Waals surface area (Å²) in [5, 5.41) is 2.02. The number of halogens is 1. The molecule has 0 saturated heterocycles. The van der Waals surface area contributed by atoms with Gasteiger partial charge in [0, 0.05) is 26.4 Å². The lowest BCUT2D eigenvalue weighted by atomic mass is 9.94. The zero-order valence-corrected chi connectivity index (χ0v) is 17.4. The maximum absolute atomic E-state index is 13.0. The summed E-state index contributed by atoms with van der Waals surface area (Å²) in [7, 11) is -3.49. The predicted octanol–water partition coefficient (Wildman–Crippen LogP) is 6.83. The van der Waals surface area contributed by atoms with E-state index >= 15 is 0 Å². The fourth-order valence-corrected chi connectivity index (χ4v) is 6.51. The highest BCUT2D eigenvalue weighted by molar-refractivity contribution is 9.10. The summed E-state index contributed by atoms with van der Waals surface area (Å²) < 4.78 is 33.0. The van der Waals surface area contributed by atoms with Crippen LogP contribution in [0.15, 0.2) is 97.5 Å². The van der Waals surface area contributed by atoms with Crippen molar-refractivity contribution >= 4 is 47.7 Å². The van der Waals surface area contributed by atoms with Crippen LogP contribution in [0.3, 0.4) is 0 Å². The van der Waals surface area contributed by atoms with Crippen LogP contribution in [-0.2, 0) is 9.84 Å². The molecule has 29 heavy (non-hydrogen) atoms. The molecule has 4 aromatic carbocycles. The minimum Gasteiger partial charge on any atom is -0.456 e. The van der Waals surface area contributed by atoms with Crippen molar-refractivity contribution in [1.29, 1.82) is 0 Å². The highest BCUT2D eigenvalue weighted by Gasteiger charge is 2.34. The molecule has 0 bridgehead atoms. The average molecular weight is 461 g/mol. The van der Waals surface area contributed by atoms with Crippen molar-refractivity contribution in [3.63, 3.8) is 0 Å². The Balaban J connectivity index is 1.69. The molecule has 2 heterocycles. The van der Waals surface area contributed by atoms with E-state index in [2.05, 4.69) is 22.0 Å². The standard InChI is InChI=1S/C24H13BrO3S/c25-18-7-4-8-20-24(18)17-13-14(11-12-19(17)28-20)15-6-3-10-22-23(15)16-5-1-2-9-21(16)29(22,26)27/h1-13H. The average Bonchev–Trinajstić information content (AvgIpc) is 3.22. The summed E-state index contributed by atoms with van der Waals surface area (Å²) in [6, 6.07) is 24.6. The number of fused-ring (bicyclic) bond motifs is 6. The third-order valence-electron chi connectivity index (χ3n) is 5.52. The molecule has 1 aliphatic heterocycles. The predicted molar refractivity (Wildman–Crippen MR) is 118 cm³/mol. The third-order valence-corrected chi connectivity index (χ3v) is 8.03. The molecule has 0 fully saturated rings. The molecule has 0 saturated carbocycles. The van der Waals surface area contributed by atoms with E-state index in [4.69, 9.17) is 4.42 Å². The van der Waals surface area contributed by atoms with Gasteiger partial charge in [0.2, 0.25) is 9.84 Å². The van der Waals surface area contributed by atoms with Gasteiger partial charge in [-0.25, -0.2) is 8.42 Å². The number of furan rings is 1. The zero-order valence-electron chi connectivity index (χ0n) is 15.0. The van der Waals surface area contributed by atoms with Gasteiger partial charge in [0.25, 0.3) is 0 Å². The van der Waals surface area contributed by atoms with E-state index in [-0.39, 0.29) is 0 Å². The Kier molecular flexibility index (Phi) is 3.41. The van der Waals surface area contributed by atoms with Crippen molar-refractivity contribution in [3.05, 3.63) is 83.3 Å². The van der Waals surface area contributed by atoms with E-state index in [1.54, 1.807) is 18.2 Å². The Morgan fingerprint density at radius 2 is 1.48 bits per heavy atom. The van der Waals surface area contributed by atoms with E-state index < -0.39 is 9.84 Å². The summed E-state index contributed by atoms with van der Waals surface area (Å²) >= 11 is 3.62. The minimum absolute atomic E-state index is 0.370. The molecule has 1 aromatic heterocycles. The lowest BCUT2D eigenvalue weighted by Gasteiger charge is -2.09. The molecule has 5 heteroatoms. The second kappa shape index (κ2) is 5.81. The van der Waals surface area contributed by atoms with Crippen molar-refractivity contribution in [2.75, 3.05) is 0 Å². The molecule has 0 amide bonds. The molecule has 0 unspecified atom stereocenters. The zero-order chi connectivity index (χ0) is 19.8. The van der Waals surface area contributed by atoms with E-state index in [0.29, 0.717) is 9.79 Å². The molecule has 0 aliphatic carbocycles. The SMILES string of the molecule is O=S1(=O)c2ccccc2-c2c(-c3ccc4oc5cccc(Br)c5c4c3)cccc21. The summed E-state index contributed by atoms with van der Waals surface area (Å²) in [6.45, 7) is 0. The van der Waals surface area contributed by atoms with Crippen LogP contribution >= 0.6 is 15.9 Å². The second-order valence-electron chi connectivity index (χ2n) is 7.10. The summed E-state index contributed by atoms with van der Waals surface area (Å²) in [6.07, 6.45) is 0. The fourth-order valence-electron chi connectivity index (χ4n) is 4.25. The Labute approximate surface area is 175 Å². The first-order chi connectivity index (χ1) is 14.1. The molecule has 0 radical (unpaired) electrons. The second-order valence-corrected chi connectivity index (χ2v) is 9.85. The first kappa shape index (κ1) is 17.0. The third kappa shape index (κ3) is 2.26. The van der Waals surface area contributed by atoms with Gasteiger partial charge in [-0.05, 0) is 47.5 Å². The van der Waals surface area contributed by atoms with Crippen LogP contribution in [0.5, 0.6) is 0 Å². The number of sulfone groups is 1. The van der Waals surface area contributed by atoms with Crippen LogP contribution in [0, 0.1) is 0 Å². The topological polar surface area (TPSA) is 47.3 Å². The Hall–Kier alpha value is -2.89. The number of benzene rings is 4. The summed E-state index contributed by atoms with van der Waals surface area (Å²) in [5.41, 5.74) is 5.01. The van der Waals surface area contributed by atoms with Gasteiger partial charge in [0.1, 0.15) is 11.2 Å². The quantitative estimate of drug-likeness (QED) is 0.270. The van der Waals surface area contributed by atoms with Gasteiger partial charge in [-0.1, -0.05) is 58.4 Å². The monoisotopic (exact) mass is 460 g/mol. The number of hydrogen-bond acceptors (Lipinski definition) is 3. The van der Waals surface area contributed by atoms with Crippen LogP contribution in [0.1, 0.15) is 0 Å². The lowest BCUT2D eigenvalue weighted by molar-refractivity contribution is 0.598. The van der Waals surface area contributed by atoms with Gasteiger partial charge in [0.05, 0.1) is 9.79 Å². The Morgan fingerprint density at radius 3 is 2.38 bits per heavy atom. The van der Waals surface area contributed by atoms with E-state index in [0.717, 1.165) is 48.7 Å². The van der Waals surface area contributed by atoms with Crippen LogP contribution in [-0.4, -0.2) is 8.42 Å². The van der Waals surface area contributed by atoms with Gasteiger partial charge >= 0.3 is 0 Å². The molecule has 0 spiro atoms. The van der Waals surface area contributed by atoms with Gasteiger partial charge < -0.3 is 4.42 Å². The van der Waals surface area contributed by atoms with Crippen molar-refractivity contribution < 1.29 is 12.8 Å². The Bertz CT molecular complexity index is 1580. The molecular formula is C24H13BrO3S. The molecular weight excluding hydrogens is 448 g/mol. The first-order valence-electron chi connectivity index (χ1n) is 9.14. The van der Waals surface area contributed by atoms with E-state index in [1.165, 1.54) is 0 Å². The maximum Gasteiger partial charge on any atom is 0.207 e. The van der Waals surface area contributed by atoms with Gasteiger partial charge in [-0.3, -0.25) is 0 Å². The van der Waals surface area contributed by atoms with Crippen molar-refractivity contribution in [1.82, 2.24) is 0 Å². The van der Waals surface area contributed by atoms with E-state index in [9.17, 15) is 8.42 Å². The molecule has 140 valence electrons. The normalized spacial score (nSPS) is 14.2. The minimum atomic E-state index is -3.49. The number of rotatable bonds is 1. The van der Waals surface area contributed by atoms with Crippen molar-refractivity contribution in [3.8, 4) is 22.3 Å². The van der Waals surface area contributed by atoms with Crippen molar-refractivity contribution in [2.45, 2.75) is 9.79 Å². The van der Waals surface area contributed by atoms with E-state index in [1.807, 2.05) is 54.6 Å². The van der Waals surface area contributed by atoms with Gasteiger partial charge in [-0.15, -0.1) is 0 Å². The first-order valence-corrected chi connectivity index (χ1v) is 11.4. The molecule has 5 aromatic rings. The van der Waals surface area contributed by atoms with Crippen LogP contribution in [0.2, 0.25) is 0 Å². The molecule has 3 nitrogen and oxygen atoms in total. The smallest absolute Gasteiger partial charge is 0.207 e. The summed E-state index contributed by atoms with van der Waals surface area (Å²) in [5.74, 6) is 0. The number of hydrogen-bond donors (Lipinski definition) is 0. The summed E-state index contributed by atoms with van der Waals surface area (Å²) in [4.78, 5) is 0.745. The van der Waals surface area contributed by atoms with Gasteiger partial charge in [0.15, 0.2) is 0 Å². The Morgan fingerprint density at radius 1 is 0.724 bits per heavy atom. The molecule has 1 aliphatic rings. The molecule has 0 N–H and O–H groups in total. The highest BCUT2D eigenvalue weighted by Crippen LogP contribution is 2.48. The van der Waals surface area contributed by atoms with Crippen LogP contribution < -0.4 is 0 Å². The molecule has 6 rings (SSSR count). The fraction of sp³-hybridized carbons (Fsp3) is 0. The molecule has 0 atom stereocenters.